The highest BCUT2D eigenvalue weighted by molar-refractivity contribution is 7.92. The van der Waals surface area contributed by atoms with Crippen molar-refractivity contribution in [3.63, 3.8) is 0 Å². The lowest BCUT2D eigenvalue weighted by molar-refractivity contribution is 0.171. The number of nitrogens with two attached hydrogens (primary N) is 1. The van der Waals surface area contributed by atoms with Crippen molar-refractivity contribution in [1.29, 1.82) is 0 Å². The Bertz CT molecular complexity index is 607. The summed E-state index contributed by atoms with van der Waals surface area (Å²) in [6, 6.07) is 5.13. The van der Waals surface area contributed by atoms with Gasteiger partial charge in [-0.05, 0) is 42.7 Å². The average Bonchev–Trinajstić information content (AvgIpc) is 2.37. The van der Waals surface area contributed by atoms with E-state index >= 15 is 0 Å². The Balaban J connectivity index is 2.36. The van der Waals surface area contributed by atoms with Gasteiger partial charge < -0.3 is 5.73 Å². The van der Waals surface area contributed by atoms with E-state index in [-0.39, 0.29) is 16.2 Å². The van der Waals surface area contributed by atoms with E-state index < -0.39 is 26.9 Å². The highest BCUT2D eigenvalue weighted by atomic mass is 32.2. The van der Waals surface area contributed by atoms with Crippen molar-refractivity contribution in [2.45, 2.75) is 56.2 Å². The van der Waals surface area contributed by atoms with E-state index in [2.05, 4.69) is 20.8 Å². The van der Waals surface area contributed by atoms with Gasteiger partial charge in [0.15, 0.2) is 9.84 Å². The van der Waals surface area contributed by atoms with Crippen LogP contribution in [-0.2, 0) is 9.84 Å². The molecule has 0 amide bonds. The van der Waals surface area contributed by atoms with Crippen LogP contribution in [0.4, 0.5) is 4.39 Å². The van der Waals surface area contributed by atoms with Crippen LogP contribution in [0.3, 0.4) is 0 Å². The minimum atomic E-state index is -3.74. The molecule has 1 aliphatic carbocycles. The first-order valence-corrected chi connectivity index (χ1v) is 8.92. The third kappa shape index (κ3) is 3.29. The smallest absolute Gasteiger partial charge is 0.185 e. The van der Waals surface area contributed by atoms with Crippen molar-refractivity contribution in [2.75, 3.05) is 0 Å². The summed E-state index contributed by atoms with van der Waals surface area (Å²) in [4.78, 5) is -0.222. The van der Waals surface area contributed by atoms with E-state index in [0.717, 1.165) is 6.42 Å². The monoisotopic (exact) mass is 313 g/mol. The summed E-state index contributed by atoms with van der Waals surface area (Å²) < 4.78 is 39.4. The van der Waals surface area contributed by atoms with Crippen molar-refractivity contribution in [3.8, 4) is 0 Å². The fourth-order valence-corrected chi connectivity index (χ4v) is 5.15. The third-order valence-corrected chi connectivity index (χ3v) is 6.89. The molecule has 0 aliphatic heterocycles. The van der Waals surface area contributed by atoms with Gasteiger partial charge in [-0.25, -0.2) is 12.8 Å². The topological polar surface area (TPSA) is 60.2 Å². The molecule has 3 unspecified atom stereocenters. The Morgan fingerprint density at radius 1 is 1.19 bits per heavy atom. The average molecular weight is 313 g/mol. The number of sulfone groups is 1. The van der Waals surface area contributed by atoms with Gasteiger partial charge in [-0.15, -0.1) is 0 Å². The molecule has 0 spiro atoms. The molecule has 0 heterocycles. The Labute approximate surface area is 126 Å². The zero-order chi connectivity index (χ0) is 15.8. The first-order valence-electron chi connectivity index (χ1n) is 7.38. The molecular formula is C16H24FNO2S. The Morgan fingerprint density at radius 2 is 1.81 bits per heavy atom. The van der Waals surface area contributed by atoms with Crippen LogP contribution in [0.5, 0.6) is 0 Å². The molecule has 0 bridgehead atoms. The van der Waals surface area contributed by atoms with Gasteiger partial charge in [0.05, 0.1) is 5.25 Å². The largest absolute Gasteiger partial charge is 0.327 e. The van der Waals surface area contributed by atoms with Crippen LogP contribution >= 0.6 is 0 Å². The summed E-state index contributed by atoms with van der Waals surface area (Å²) in [5, 5.41) is -0.702. The minimum absolute atomic E-state index is 0.0309. The second-order valence-electron chi connectivity index (χ2n) is 7.05. The first-order chi connectivity index (χ1) is 9.64. The van der Waals surface area contributed by atoms with Crippen LogP contribution in [0.1, 0.15) is 40.0 Å². The lowest BCUT2D eigenvalue weighted by atomic mass is 9.71. The van der Waals surface area contributed by atoms with E-state index in [9.17, 15) is 12.8 Å². The van der Waals surface area contributed by atoms with Crippen LogP contribution in [0.25, 0.3) is 0 Å². The molecule has 2 rings (SSSR count). The number of hydrogen-bond donors (Lipinski definition) is 1. The van der Waals surface area contributed by atoms with Crippen molar-refractivity contribution >= 4 is 9.84 Å². The Hall–Kier alpha value is -0.940. The van der Waals surface area contributed by atoms with Gasteiger partial charge in [-0.1, -0.05) is 32.9 Å². The van der Waals surface area contributed by atoms with Gasteiger partial charge in [-0.2, -0.15) is 0 Å². The van der Waals surface area contributed by atoms with Crippen LogP contribution < -0.4 is 5.73 Å². The van der Waals surface area contributed by atoms with Crippen LogP contribution in [0.15, 0.2) is 29.2 Å². The highest BCUT2D eigenvalue weighted by Crippen LogP contribution is 2.40. The SMILES string of the molecule is CC(C)(C)C1CCC(N)C(S(=O)(=O)c2ccccc2F)C1. The van der Waals surface area contributed by atoms with Gasteiger partial charge in [0.25, 0.3) is 0 Å². The van der Waals surface area contributed by atoms with E-state index in [4.69, 9.17) is 5.73 Å². The van der Waals surface area contributed by atoms with E-state index in [1.807, 2.05) is 0 Å². The molecule has 0 aromatic heterocycles. The molecule has 21 heavy (non-hydrogen) atoms. The number of rotatable bonds is 2. The lowest BCUT2D eigenvalue weighted by Crippen LogP contribution is -2.47. The number of hydrogen-bond acceptors (Lipinski definition) is 3. The van der Waals surface area contributed by atoms with Gasteiger partial charge in [0, 0.05) is 6.04 Å². The molecule has 1 saturated carbocycles. The number of benzene rings is 1. The Kier molecular flexibility index (Phi) is 4.45. The quantitative estimate of drug-likeness (QED) is 0.912. The second kappa shape index (κ2) is 5.69. The van der Waals surface area contributed by atoms with Crippen LogP contribution in [0, 0.1) is 17.2 Å². The summed E-state index contributed by atoms with van der Waals surface area (Å²) in [6.07, 6.45) is 2.09. The summed E-state index contributed by atoms with van der Waals surface area (Å²) in [5.41, 5.74) is 6.09. The van der Waals surface area contributed by atoms with Crippen molar-refractivity contribution in [3.05, 3.63) is 30.1 Å². The molecule has 1 fully saturated rings. The standard InChI is InChI=1S/C16H24FNO2S/c1-16(2,3)11-8-9-13(18)15(10-11)21(19,20)14-7-5-4-6-12(14)17/h4-7,11,13,15H,8-10,18H2,1-3H3. The predicted molar refractivity (Wildman–Crippen MR) is 82.1 cm³/mol. The van der Waals surface area contributed by atoms with Gasteiger partial charge in [0.1, 0.15) is 10.7 Å². The summed E-state index contributed by atoms with van der Waals surface area (Å²) in [5.74, 6) is -0.411. The lowest BCUT2D eigenvalue weighted by Gasteiger charge is -2.40. The van der Waals surface area contributed by atoms with Crippen LogP contribution in [-0.4, -0.2) is 19.7 Å². The molecular weight excluding hydrogens is 289 g/mol. The first kappa shape index (κ1) is 16.4. The molecule has 3 atom stereocenters. The molecule has 1 aliphatic rings. The second-order valence-corrected chi connectivity index (χ2v) is 9.19. The van der Waals surface area contributed by atoms with Gasteiger partial charge in [0.2, 0.25) is 0 Å². The zero-order valence-corrected chi connectivity index (χ0v) is 13.7. The van der Waals surface area contributed by atoms with E-state index in [1.54, 1.807) is 6.07 Å². The van der Waals surface area contributed by atoms with Crippen molar-refractivity contribution in [1.82, 2.24) is 0 Å². The van der Waals surface area contributed by atoms with Gasteiger partial charge in [-0.3, -0.25) is 0 Å². The molecule has 0 saturated heterocycles. The fraction of sp³-hybridized carbons (Fsp3) is 0.625. The highest BCUT2D eigenvalue weighted by Gasteiger charge is 2.42. The molecule has 0 radical (unpaired) electrons. The predicted octanol–water partition coefficient (Wildman–Crippen LogP) is 3.14. The maximum Gasteiger partial charge on any atom is 0.185 e. The summed E-state index contributed by atoms with van der Waals surface area (Å²) in [6.45, 7) is 6.34. The zero-order valence-electron chi connectivity index (χ0n) is 12.8. The summed E-state index contributed by atoms with van der Waals surface area (Å²) in [7, 11) is -3.74. The molecule has 1 aromatic carbocycles. The van der Waals surface area contributed by atoms with E-state index in [1.165, 1.54) is 18.2 Å². The number of halogens is 1. The molecule has 1 aromatic rings. The van der Waals surface area contributed by atoms with Crippen LogP contribution in [0.2, 0.25) is 0 Å². The molecule has 3 nitrogen and oxygen atoms in total. The molecule has 5 heteroatoms. The molecule has 2 N–H and O–H groups in total. The van der Waals surface area contributed by atoms with Crippen molar-refractivity contribution in [2.24, 2.45) is 17.1 Å². The summed E-state index contributed by atoms with van der Waals surface area (Å²) >= 11 is 0. The fourth-order valence-electron chi connectivity index (χ4n) is 3.13. The maximum absolute atomic E-state index is 13.9. The maximum atomic E-state index is 13.9. The normalized spacial score (nSPS) is 27.6. The third-order valence-electron chi connectivity index (χ3n) is 4.61. The molecule has 118 valence electrons. The van der Waals surface area contributed by atoms with E-state index in [0.29, 0.717) is 12.8 Å². The minimum Gasteiger partial charge on any atom is -0.327 e. The Morgan fingerprint density at radius 3 is 2.38 bits per heavy atom. The van der Waals surface area contributed by atoms with Crippen molar-refractivity contribution < 1.29 is 12.8 Å². The van der Waals surface area contributed by atoms with Gasteiger partial charge >= 0.3 is 0 Å².